The molecule has 0 unspecified atom stereocenters. The van der Waals surface area contributed by atoms with E-state index in [4.69, 9.17) is 9.47 Å². The van der Waals surface area contributed by atoms with Crippen molar-refractivity contribution in [3.8, 4) is 22.9 Å². The number of anilines is 1. The highest BCUT2D eigenvalue weighted by Crippen LogP contribution is 2.31. The smallest absolute Gasteiger partial charge is 0.251 e. The minimum Gasteiger partial charge on any atom is -0.493 e. The van der Waals surface area contributed by atoms with E-state index in [0.29, 0.717) is 35.0 Å². The number of tetrazole rings is 1. The van der Waals surface area contributed by atoms with E-state index >= 15 is 0 Å². The molecule has 37 heavy (non-hydrogen) atoms. The summed E-state index contributed by atoms with van der Waals surface area (Å²) < 4.78 is 10.7. The number of nitrogens with one attached hydrogen (secondary N) is 1. The summed E-state index contributed by atoms with van der Waals surface area (Å²) in [5.41, 5.74) is 2.27. The average molecular weight is 507 g/mol. The molecule has 10 nitrogen and oxygen atoms in total. The number of carbonyl (C=O) groups excluding carboxylic acids is 2. The molecule has 0 bridgehead atoms. The van der Waals surface area contributed by atoms with Crippen LogP contribution in [0.4, 0.5) is 5.69 Å². The molecule has 0 spiro atoms. The molecule has 10 heteroatoms. The lowest BCUT2D eigenvalue weighted by Crippen LogP contribution is -2.52. The van der Waals surface area contributed by atoms with Crippen LogP contribution in [0.3, 0.4) is 0 Å². The second-order valence-corrected chi connectivity index (χ2v) is 9.18. The van der Waals surface area contributed by atoms with E-state index in [2.05, 4.69) is 20.7 Å². The van der Waals surface area contributed by atoms with Gasteiger partial charge in [0.2, 0.25) is 11.7 Å². The topological polar surface area (TPSA) is 111 Å². The van der Waals surface area contributed by atoms with Crippen molar-refractivity contribution in [3.05, 3.63) is 48.0 Å². The molecule has 1 fully saturated rings. The van der Waals surface area contributed by atoms with Crippen molar-refractivity contribution < 1.29 is 19.1 Å². The Labute approximate surface area is 216 Å². The molecule has 1 saturated carbocycles. The number of aryl methyl sites for hydroxylation is 1. The maximum absolute atomic E-state index is 13.7. The van der Waals surface area contributed by atoms with Gasteiger partial charge in [0.15, 0.2) is 11.5 Å². The summed E-state index contributed by atoms with van der Waals surface area (Å²) in [6.45, 7) is 3.68. The summed E-state index contributed by atoms with van der Waals surface area (Å²) in [5.74, 6) is 1.05. The first-order valence-electron chi connectivity index (χ1n) is 12.6. The van der Waals surface area contributed by atoms with Crippen LogP contribution in [0.2, 0.25) is 0 Å². The molecule has 1 aliphatic rings. The summed E-state index contributed by atoms with van der Waals surface area (Å²) in [5, 5.41) is 15.8. The molecule has 3 aromatic rings. The number of nitrogens with zero attached hydrogens (tertiary/aromatic N) is 5. The first-order valence-corrected chi connectivity index (χ1v) is 12.6. The van der Waals surface area contributed by atoms with E-state index < -0.39 is 6.04 Å². The average Bonchev–Trinajstić information content (AvgIpc) is 3.59. The van der Waals surface area contributed by atoms with Gasteiger partial charge >= 0.3 is 0 Å². The maximum atomic E-state index is 13.7. The van der Waals surface area contributed by atoms with Crippen LogP contribution >= 0.6 is 0 Å². The number of methoxy groups -OCH3 is 2. The molecule has 1 N–H and O–H groups in total. The van der Waals surface area contributed by atoms with Gasteiger partial charge in [0.05, 0.1) is 14.2 Å². The molecule has 2 amide bonds. The van der Waals surface area contributed by atoms with Crippen LogP contribution in [0.1, 0.15) is 44.6 Å². The van der Waals surface area contributed by atoms with Gasteiger partial charge in [-0.05, 0) is 61.2 Å². The molecule has 4 rings (SSSR count). The number of rotatable bonds is 10. The van der Waals surface area contributed by atoms with E-state index in [1.54, 1.807) is 37.3 Å². The monoisotopic (exact) mass is 506 g/mol. The summed E-state index contributed by atoms with van der Waals surface area (Å²) >= 11 is 0. The predicted octanol–water partition coefficient (Wildman–Crippen LogP) is 3.54. The minimum atomic E-state index is -0.650. The van der Waals surface area contributed by atoms with Crippen LogP contribution in [-0.4, -0.2) is 58.3 Å². The fraction of sp³-hybridized carbons (Fsp3) is 0.444. The Hall–Kier alpha value is -3.95. The molecular formula is C27H34N6O4. The number of aromatic nitrogens is 4. The van der Waals surface area contributed by atoms with Gasteiger partial charge in [-0.15, -0.1) is 10.2 Å². The lowest BCUT2D eigenvalue weighted by atomic mass is 10.1. The Morgan fingerprint density at radius 3 is 2.51 bits per heavy atom. The molecule has 1 heterocycles. The number of para-hydroxylation sites is 1. The van der Waals surface area contributed by atoms with E-state index in [-0.39, 0.29) is 24.4 Å². The van der Waals surface area contributed by atoms with Gasteiger partial charge < -0.3 is 14.8 Å². The number of carbonyl (C=O) groups is 2. The Morgan fingerprint density at radius 2 is 1.84 bits per heavy atom. The first-order chi connectivity index (χ1) is 17.9. The zero-order chi connectivity index (χ0) is 26.4. The van der Waals surface area contributed by atoms with Gasteiger partial charge in [-0.2, -0.15) is 4.80 Å². The van der Waals surface area contributed by atoms with Crippen molar-refractivity contribution in [2.24, 2.45) is 0 Å². The Morgan fingerprint density at radius 1 is 1.11 bits per heavy atom. The third-order valence-electron chi connectivity index (χ3n) is 6.72. The fourth-order valence-electron chi connectivity index (χ4n) is 4.76. The molecule has 1 aliphatic carbocycles. The van der Waals surface area contributed by atoms with Gasteiger partial charge in [0.25, 0.3) is 5.91 Å². The Kier molecular flexibility index (Phi) is 8.37. The van der Waals surface area contributed by atoms with E-state index in [9.17, 15) is 9.59 Å². The van der Waals surface area contributed by atoms with Crippen molar-refractivity contribution in [3.63, 3.8) is 0 Å². The van der Waals surface area contributed by atoms with Gasteiger partial charge in [-0.1, -0.05) is 38.0 Å². The third kappa shape index (κ3) is 5.90. The van der Waals surface area contributed by atoms with Crippen LogP contribution in [-0.2, 0) is 16.1 Å². The fourth-order valence-corrected chi connectivity index (χ4v) is 4.76. The summed E-state index contributed by atoms with van der Waals surface area (Å²) in [4.78, 5) is 29.9. The zero-order valence-corrected chi connectivity index (χ0v) is 21.8. The van der Waals surface area contributed by atoms with Gasteiger partial charge in [-0.3, -0.25) is 14.5 Å². The van der Waals surface area contributed by atoms with Crippen molar-refractivity contribution >= 4 is 17.5 Å². The molecule has 196 valence electrons. The largest absolute Gasteiger partial charge is 0.493 e. The van der Waals surface area contributed by atoms with Gasteiger partial charge in [0, 0.05) is 17.3 Å². The second-order valence-electron chi connectivity index (χ2n) is 9.18. The number of hydrogen-bond donors (Lipinski definition) is 1. The summed E-state index contributed by atoms with van der Waals surface area (Å²) in [6.07, 6.45) is 4.65. The highest BCUT2D eigenvalue weighted by atomic mass is 16.5. The standard InChI is InChI=1S/C27H34N6O4/c1-5-21(27(35)28-20-11-7-8-12-20)33(22-13-9-6-10-18(22)2)25(34)17-32-30-26(29-31-32)19-14-15-23(36-3)24(16-19)37-4/h6,9-10,13-16,20-21H,5,7-8,11-12,17H2,1-4H3,(H,28,35)/t21-/m1/s1. The molecule has 0 aliphatic heterocycles. The van der Waals surface area contributed by atoms with E-state index in [1.807, 2.05) is 38.1 Å². The van der Waals surface area contributed by atoms with Crippen LogP contribution in [0.25, 0.3) is 11.4 Å². The maximum Gasteiger partial charge on any atom is 0.251 e. The second kappa shape index (κ2) is 11.9. The van der Waals surface area contributed by atoms with Crippen molar-refractivity contribution in [1.82, 2.24) is 25.5 Å². The Balaban J connectivity index is 1.58. The van der Waals surface area contributed by atoms with E-state index in [1.165, 1.54) is 4.80 Å². The molecule has 1 atom stereocenters. The Bertz CT molecular complexity index is 1240. The predicted molar refractivity (Wildman–Crippen MR) is 139 cm³/mol. The van der Waals surface area contributed by atoms with Crippen molar-refractivity contribution in [2.45, 2.75) is 64.6 Å². The molecule has 1 aromatic heterocycles. The van der Waals surface area contributed by atoms with Crippen LogP contribution < -0.4 is 19.7 Å². The third-order valence-corrected chi connectivity index (χ3v) is 6.72. The lowest BCUT2D eigenvalue weighted by Gasteiger charge is -2.32. The van der Waals surface area contributed by atoms with Gasteiger partial charge in [-0.25, -0.2) is 0 Å². The van der Waals surface area contributed by atoms with Crippen molar-refractivity contribution in [2.75, 3.05) is 19.1 Å². The lowest BCUT2D eigenvalue weighted by molar-refractivity contribution is -0.127. The van der Waals surface area contributed by atoms with Gasteiger partial charge in [0.1, 0.15) is 12.6 Å². The minimum absolute atomic E-state index is 0.136. The number of benzene rings is 2. The highest BCUT2D eigenvalue weighted by Gasteiger charge is 2.32. The molecule has 0 saturated heterocycles. The summed E-state index contributed by atoms with van der Waals surface area (Å²) in [7, 11) is 3.12. The normalized spacial score (nSPS) is 14.3. The SMILES string of the molecule is CC[C@H](C(=O)NC1CCCC1)N(C(=O)Cn1nnc(-c2ccc(OC)c(OC)c2)n1)c1ccccc1C. The first kappa shape index (κ1) is 26.1. The molecule has 0 radical (unpaired) electrons. The number of hydrogen-bond acceptors (Lipinski definition) is 7. The number of ether oxygens (including phenoxy) is 2. The van der Waals surface area contributed by atoms with Crippen LogP contribution in [0.15, 0.2) is 42.5 Å². The quantitative estimate of drug-likeness (QED) is 0.448. The van der Waals surface area contributed by atoms with E-state index in [0.717, 1.165) is 31.2 Å². The van der Waals surface area contributed by atoms with Crippen LogP contribution in [0, 0.1) is 6.92 Å². The zero-order valence-electron chi connectivity index (χ0n) is 21.8. The van der Waals surface area contributed by atoms with Crippen molar-refractivity contribution in [1.29, 1.82) is 0 Å². The molecular weight excluding hydrogens is 472 g/mol. The summed E-state index contributed by atoms with van der Waals surface area (Å²) in [6, 6.07) is 12.4. The van der Waals surface area contributed by atoms with Crippen LogP contribution in [0.5, 0.6) is 11.5 Å². The number of amides is 2. The highest BCUT2D eigenvalue weighted by molar-refractivity contribution is 6.01. The molecule has 2 aromatic carbocycles.